The van der Waals surface area contributed by atoms with Crippen molar-refractivity contribution in [3.63, 3.8) is 0 Å². The van der Waals surface area contributed by atoms with Crippen molar-refractivity contribution in [1.29, 1.82) is 0 Å². The molecule has 1 saturated heterocycles. The van der Waals surface area contributed by atoms with Crippen molar-refractivity contribution in [2.75, 3.05) is 13.7 Å². The molecule has 2 aromatic carbocycles. The number of aryl methyl sites for hydroxylation is 1. The minimum Gasteiger partial charge on any atom is -0.494 e. The Kier molecular flexibility index (Phi) is 6.04. The van der Waals surface area contributed by atoms with E-state index in [1.807, 2.05) is 48.3 Å². The average molecular weight is 615 g/mol. The number of carbonyl (C=O) groups excluding carboxylic acids is 1. The van der Waals surface area contributed by atoms with Crippen LogP contribution in [-0.4, -0.2) is 76.3 Å². The fourth-order valence-corrected chi connectivity index (χ4v) is 7.56. The highest BCUT2D eigenvalue weighted by molar-refractivity contribution is 6.00. The first-order valence-corrected chi connectivity index (χ1v) is 15.9. The molecule has 3 aliphatic rings. The lowest BCUT2D eigenvalue weighted by molar-refractivity contribution is 0.0700. The molecular formula is C34H34N10O2. The number of nitrogens with two attached hydrogens (primary N) is 1. The van der Waals surface area contributed by atoms with Gasteiger partial charge in [0.05, 0.1) is 24.0 Å². The average Bonchev–Trinajstić information content (AvgIpc) is 3.45. The van der Waals surface area contributed by atoms with Crippen molar-refractivity contribution in [2.45, 2.75) is 44.3 Å². The first-order valence-electron chi connectivity index (χ1n) is 15.9. The fraction of sp³-hybridized carbons (Fsp3) is 0.353. The van der Waals surface area contributed by atoms with Gasteiger partial charge in [0, 0.05) is 54.3 Å². The van der Waals surface area contributed by atoms with Crippen molar-refractivity contribution >= 4 is 28.0 Å². The van der Waals surface area contributed by atoms with E-state index >= 15 is 0 Å². The van der Waals surface area contributed by atoms with Gasteiger partial charge in [0.25, 0.3) is 5.91 Å². The lowest BCUT2D eigenvalue weighted by Gasteiger charge is -2.27. The van der Waals surface area contributed by atoms with Gasteiger partial charge in [-0.15, -0.1) is 10.2 Å². The molecule has 3 N–H and O–H groups in total. The summed E-state index contributed by atoms with van der Waals surface area (Å²) in [5.41, 5.74) is 13.3. The number of piperidine rings is 1. The summed E-state index contributed by atoms with van der Waals surface area (Å²) in [5, 5.41) is 15.4. The predicted molar refractivity (Wildman–Crippen MR) is 173 cm³/mol. The van der Waals surface area contributed by atoms with E-state index in [0.29, 0.717) is 29.0 Å². The molecule has 2 saturated carbocycles. The zero-order chi connectivity index (χ0) is 31.1. The summed E-state index contributed by atoms with van der Waals surface area (Å²) in [7, 11) is 3.66. The number of hydrogen-bond acceptors (Lipinski definition) is 8. The van der Waals surface area contributed by atoms with Crippen LogP contribution in [0.2, 0.25) is 0 Å². The normalized spacial score (nSPS) is 20.8. The minimum atomic E-state index is -0.0000427. The van der Waals surface area contributed by atoms with Gasteiger partial charge in [0.2, 0.25) is 5.82 Å². The van der Waals surface area contributed by atoms with Gasteiger partial charge in [0.15, 0.2) is 5.82 Å². The number of fused-ring (bicyclic) bond motifs is 4. The number of nitrogens with zero attached hydrogens (tertiary/aromatic N) is 8. The second-order valence-electron chi connectivity index (χ2n) is 13.0. The maximum Gasteiger partial charge on any atom is 0.254 e. The maximum atomic E-state index is 13.7. The topological polar surface area (TPSA) is 146 Å². The van der Waals surface area contributed by atoms with Gasteiger partial charge in [-0.05, 0) is 73.1 Å². The van der Waals surface area contributed by atoms with Gasteiger partial charge < -0.3 is 24.5 Å². The van der Waals surface area contributed by atoms with Gasteiger partial charge in [-0.2, -0.15) is 5.21 Å². The number of methoxy groups -OCH3 is 1. The predicted octanol–water partition coefficient (Wildman–Crippen LogP) is 4.42. The molecule has 4 aromatic heterocycles. The molecule has 12 heteroatoms. The number of hydrogen-bond donors (Lipinski definition) is 2. The number of carbonyl (C=O) groups is 1. The number of ether oxygens (including phenoxy) is 1. The van der Waals surface area contributed by atoms with Crippen molar-refractivity contribution in [2.24, 2.45) is 24.6 Å². The van der Waals surface area contributed by atoms with Gasteiger partial charge in [0.1, 0.15) is 16.9 Å². The maximum absolute atomic E-state index is 13.7. The number of H-pyrrole nitrogens is 1. The molecule has 0 spiro atoms. The molecule has 6 aromatic rings. The van der Waals surface area contributed by atoms with Crippen molar-refractivity contribution < 1.29 is 9.53 Å². The van der Waals surface area contributed by atoms with E-state index in [-0.39, 0.29) is 18.0 Å². The molecule has 3 fully saturated rings. The smallest absolute Gasteiger partial charge is 0.254 e. The Hall–Kier alpha value is -5.10. The molecule has 0 radical (unpaired) electrons. The zero-order valence-electron chi connectivity index (χ0n) is 25.7. The second-order valence-corrected chi connectivity index (χ2v) is 13.0. The standard InChI is InChI=1S/C34H34N10O2/c1-42-30-25(13-23(15-28(30)46-2)34(45)44-17-22-10-12-26(44)29(22)35)37-33(42)27-14-21-9-11-24(36-32(21)43(27)16-18-3-4-18)19-5-7-20(8-6-19)31-38-40-41-39-31/h5-9,11,13-15,18,22,26,29H,3-4,10,12,16-17,35H2,1-2H3,(H,38,39,40,41)/t22?,26?,29-/m1/s1. The van der Waals surface area contributed by atoms with Crippen LogP contribution in [0.15, 0.2) is 54.6 Å². The molecular weight excluding hydrogens is 580 g/mol. The molecule has 5 heterocycles. The van der Waals surface area contributed by atoms with E-state index in [0.717, 1.165) is 76.3 Å². The summed E-state index contributed by atoms with van der Waals surface area (Å²) in [4.78, 5) is 26.0. The third-order valence-electron chi connectivity index (χ3n) is 10.2. The second kappa shape index (κ2) is 10.2. The lowest BCUT2D eigenvalue weighted by Crippen LogP contribution is -2.41. The monoisotopic (exact) mass is 614 g/mol. The first kappa shape index (κ1) is 27.2. The molecule has 12 nitrogen and oxygen atoms in total. The Bertz CT molecular complexity index is 2130. The largest absolute Gasteiger partial charge is 0.494 e. The molecule has 1 aliphatic heterocycles. The molecule has 2 aliphatic carbocycles. The highest BCUT2D eigenvalue weighted by Gasteiger charge is 2.47. The van der Waals surface area contributed by atoms with Gasteiger partial charge >= 0.3 is 0 Å². The van der Waals surface area contributed by atoms with Gasteiger partial charge in [-0.3, -0.25) is 4.79 Å². The number of aromatic amines is 1. The molecule has 46 heavy (non-hydrogen) atoms. The van der Waals surface area contributed by atoms with Crippen LogP contribution >= 0.6 is 0 Å². The summed E-state index contributed by atoms with van der Waals surface area (Å²) in [6.45, 7) is 1.59. The summed E-state index contributed by atoms with van der Waals surface area (Å²) in [5.74, 6) is 3.00. The number of tetrazole rings is 1. The van der Waals surface area contributed by atoms with Crippen molar-refractivity contribution in [1.82, 2.24) is 44.6 Å². The molecule has 9 rings (SSSR count). The number of imidazole rings is 1. The van der Waals surface area contributed by atoms with Crippen LogP contribution in [0.25, 0.3) is 56.2 Å². The first-order chi connectivity index (χ1) is 22.5. The third-order valence-corrected chi connectivity index (χ3v) is 10.2. The Labute approximate surface area is 264 Å². The number of aromatic nitrogens is 8. The van der Waals surface area contributed by atoms with E-state index in [1.165, 1.54) is 12.8 Å². The third kappa shape index (κ3) is 4.23. The number of pyridine rings is 1. The summed E-state index contributed by atoms with van der Waals surface area (Å²) in [6, 6.07) is 18.3. The quantitative estimate of drug-likeness (QED) is 0.269. The van der Waals surface area contributed by atoms with E-state index in [1.54, 1.807) is 7.11 Å². The molecule has 2 bridgehead atoms. The van der Waals surface area contributed by atoms with Crippen LogP contribution in [0.4, 0.5) is 0 Å². The summed E-state index contributed by atoms with van der Waals surface area (Å²) < 4.78 is 10.3. The number of amides is 1. The van der Waals surface area contributed by atoms with E-state index < -0.39 is 0 Å². The van der Waals surface area contributed by atoms with E-state index in [9.17, 15) is 4.79 Å². The Balaban J connectivity index is 1.12. The van der Waals surface area contributed by atoms with Gasteiger partial charge in [-0.25, -0.2) is 9.97 Å². The molecule has 1 amide bonds. The lowest BCUT2D eigenvalue weighted by atomic mass is 10.1. The van der Waals surface area contributed by atoms with Crippen LogP contribution in [-0.2, 0) is 13.6 Å². The zero-order valence-corrected chi connectivity index (χ0v) is 25.7. The van der Waals surface area contributed by atoms with Crippen molar-refractivity contribution in [3.05, 3.63) is 60.2 Å². The van der Waals surface area contributed by atoms with E-state index in [4.69, 9.17) is 20.4 Å². The van der Waals surface area contributed by atoms with Crippen LogP contribution < -0.4 is 10.5 Å². The summed E-state index contributed by atoms with van der Waals surface area (Å²) in [6.07, 6.45) is 4.48. The SMILES string of the molecule is COc1cc(C(=O)N2CC3CCC2[C@@H]3N)cc2nc(-c3cc4ccc(-c5ccc(-c6nn[nH]n6)cc5)nc4n3CC3CC3)n(C)c12. The van der Waals surface area contributed by atoms with Crippen LogP contribution in [0.3, 0.4) is 0 Å². The molecule has 2 unspecified atom stereocenters. The Morgan fingerprint density at radius 2 is 1.85 bits per heavy atom. The number of nitrogens with one attached hydrogen (secondary N) is 1. The number of rotatable bonds is 7. The summed E-state index contributed by atoms with van der Waals surface area (Å²) >= 11 is 0. The molecule has 232 valence electrons. The Morgan fingerprint density at radius 3 is 2.54 bits per heavy atom. The van der Waals surface area contributed by atoms with E-state index in [2.05, 4.69) is 48.0 Å². The van der Waals surface area contributed by atoms with Crippen molar-refractivity contribution in [3.8, 4) is 39.9 Å². The highest BCUT2D eigenvalue weighted by atomic mass is 16.5. The van der Waals surface area contributed by atoms with Crippen LogP contribution in [0.5, 0.6) is 5.75 Å². The van der Waals surface area contributed by atoms with Crippen LogP contribution in [0.1, 0.15) is 36.0 Å². The number of likely N-dealkylation sites (tertiary alicyclic amines) is 1. The Morgan fingerprint density at radius 1 is 1.02 bits per heavy atom. The van der Waals surface area contributed by atoms with Gasteiger partial charge in [-0.1, -0.05) is 24.3 Å². The molecule has 3 atom stereocenters. The minimum absolute atomic E-state index is 0.0000427. The highest BCUT2D eigenvalue weighted by Crippen LogP contribution is 2.40. The van der Waals surface area contributed by atoms with Crippen LogP contribution in [0, 0.1) is 11.8 Å². The number of benzene rings is 2. The fourth-order valence-electron chi connectivity index (χ4n) is 7.56.